The number of carbonyl (C=O) groups excluding carboxylic acids is 1. The summed E-state index contributed by atoms with van der Waals surface area (Å²) < 4.78 is 27.9. The Morgan fingerprint density at radius 1 is 1.06 bits per heavy atom. The molecule has 1 amide bonds. The molecule has 0 bridgehead atoms. The lowest BCUT2D eigenvalue weighted by molar-refractivity contribution is 0.0984. The Kier molecular flexibility index (Phi) is 7.81. The molecule has 4 rings (SSSR count). The molecule has 0 radical (unpaired) electrons. The van der Waals surface area contributed by atoms with Gasteiger partial charge in [-0.05, 0) is 55.0 Å². The molecule has 2 heterocycles. The molecule has 182 valence electrons. The van der Waals surface area contributed by atoms with Crippen molar-refractivity contribution in [3.63, 3.8) is 0 Å². The van der Waals surface area contributed by atoms with E-state index in [9.17, 15) is 13.2 Å². The molecule has 4 aromatic rings. The van der Waals surface area contributed by atoms with Crippen molar-refractivity contribution in [1.82, 2.24) is 14.3 Å². The average molecular weight is 529 g/mol. The van der Waals surface area contributed by atoms with E-state index in [2.05, 4.69) is 9.97 Å². The quantitative estimate of drug-likeness (QED) is 0.282. The Bertz CT molecular complexity index is 1420. The maximum Gasteiger partial charge on any atom is 0.260 e. The SMILES string of the molecule is CCCCN(C)S(=O)(=O)c1ccc(C(=O)N(Cc2ccccn2)c2nc3c(Cl)cccc3s2)cc1. The molecule has 0 unspecified atom stereocenters. The van der Waals surface area contributed by atoms with Gasteiger partial charge in [-0.1, -0.05) is 48.4 Å². The maximum atomic E-state index is 13.6. The minimum absolute atomic E-state index is 0.149. The molecule has 0 fully saturated rings. The molecule has 2 aromatic carbocycles. The Morgan fingerprint density at radius 2 is 1.83 bits per heavy atom. The normalized spacial score (nSPS) is 11.8. The first kappa shape index (κ1) is 25.2. The Labute approximate surface area is 214 Å². The second-order valence-electron chi connectivity index (χ2n) is 8.00. The molecule has 0 atom stereocenters. The van der Waals surface area contributed by atoms with E-state index in [1.807, 2.05) is 37.3 Å². The second-order valence-corrected chi connectivity index (χ2v) is 11.5. The molecule has 0 spiro atoms. The Balaban J connectivity index is 1.67. The van der Waals surface area contributed by atoms with Crippen LogP contribution >= 0.6 is 22.9 Å². The van der Waals surface area contributed by atoms with E-state index < -0.39 is 10.0 Å². The van der Waals surface area contributed by atoms with Crippen LogP contribution in [0.4, 0.5) is 5.13 Å². The zero-order valence-electron chi connectivity index (χ0n) is 19.4. The van der Waals surface area contributed by atoms with Crippen LogP contribution in [0.2, 0.25) is 5.02 Å². The van der Waals surface area contributed by atoms with Crippen molar-refractivity contribution in [2.24, 2.45) is 0 Å². The molecule has 0 N–H and O–H groups in total. The standard InChI is InChI=1S/C25H25ClN4O3S2/c1-3-4-16-29(2)35(32,33)20-13-11-18(12-14-20)24(31)30(17-19-8-5-6-15-27-19)25-28-23-21(26)9-7-10-22(23)34-25/h5-15H,3-4,16-17H2,1-2H3. The van der Waals surface area contributed by atoms with Crippen LogP contribution in [0.3, 0.4) is 0 Å². The number of sulfonamides is 1. The first-order chi connectivity index (χ1) is 16.8. The van der Waals surface area contributed by atoms with Crippen molar-refractivity contribution in [1.29, 1.82) is 0 Å². The zero-order chi connectivity index (χ0) is 25.0. The topological polar surface area (TPSA) is 83.5 Å². The summed E-state index contributed by atoms with van der Waals surface area (Å²) in [6.45, 7) is 2.66. The highest BCUT2D eigenvalue weighted by Crippen LogP contribution is 2.34. The minimum atomic E-state index is -3.62. The molecule has 0 saturated carbocycles. The Morgan fingerprint density at radius 3 is 2.49 bits per heavy atom. The van der Waals surface area contributed by atoms with Gasteiger partial charge < -0.3 is 0 Å². The van der Waals surface area contributed by atoms with Crippen molar-refractivity contribution < 1.29 is 13.2 Å². The number of thiazole rings is 1. The summed E-state index contributed by atoms with van der Waals surface area (Å²) in [6.07, 6.45) is 3.35. The van der Waals surface area contributed by atoms with Gasteiger partial charge in [0, 0.05) is 25.4 Å². The van der Waals surface area contributed by atoms with Gasteiger partial charge in [0.2, 0.25) is 10.0 Å². The minimum Gasteiger partial charge on any atom is -0.278 e. The summed E-state index contributed by atoms with van der Waals surface area (Å²) in [4.78, 5) is 24.3. The number of anilines is 1. The van der Waals surface area contributed by atoms with E-state index in [0.29, 0.717) is 33.5 Å². The van der Waals surface area contributed by atoms with Gasteiger partial charge in [-0.15, -0.1) is 0 Å². The fraction of sp³-hybridized carbons (Fsp3) is 0.240. The van der Waals surface area contributed by atoms with E-state index >= 15 is 0 Å². The van der Waals surface area contributed by atoms with Crippen LogP contribution in [0.25, 0.3) is 10.2 Å². The van der Waals surface area contributed by atoms with Crippen LogP contribution in [-0.4, -0.2) is 42.2 Å². The van der Waals surface area contributed by atoms with Crippen LogP contribution in [0.15, 0.2) is 71.8 Å². The molecular weight excluding hydrogens is 504 g/mol. The van der Waals surface area contributed by atoms with E-state index in [1.54, 1.807) is 24.2 Å². The molecule has 7 nitrogen and oxygen atoms in total. The number of amides is 1. The maximum absolute atomic E-state index is 13.6. The van der Waals surface area contributed by atoms with Crippen molar-refractivity contribution in [3.8, 4) is 0 Å². The van der Waals surface area contributed by atoms with E-state index in [-0.39, 0.29) is 17.3 Å². The third-order valence-electron chi connectivity index (χ3n) is 5.52. The van der Waals surface area contributed by atoms with Gasteiger partial charge in [0.05, 0.1) is 26.9 Å². The number of pyridine rings is 1. The van der Waals surface area contributed by atoms with E-state index in [4.69, 9.17) is 11.6 Å². The summed E-state index contributed by atoms with van der Waals surface area (Å²) in [5, 5.41) is 0.997. The first-order valence-electron chi connectivity index (χ1n) is 11.1. The van der Waals surface area contributed by atoms with Gasteiger partial charge in [0.25, 0.3) is 5.91 Å². The van der Waals surface area contributed by atoms with Crippen molar-refractivity contribution in [2.75, 3.05) is 18.5 Å². The molecule has 2 aromatic heterocycles. The van der Waals surface area contributed by atoms with E-state index in [1.165, 1.54) is 39.9 Å². The van der Waals surface area contributed by atoms with Crippen LogP contribution < -0.4 is 4.90 Å². The number of halogens is 1. The number of carbonyl (C=O) groups is 1. The Hall–Kier alpha value is -2.85. The number of fused-ring (bicyclic) bond motifs is 1. The van der Waals surface area contributed by atoms with Gasteiger partial charge in [-0.3, -0.25) is 14.7 Å². The molecule has 0 aliphatic rings. The predicted molar refractivity (Wildman–Crippen MR) is 141 cm³/mol. The molecule has 35 heavy (non-hydrogen) atoms. The first-order valence-corrected chi connectivity index (χ1v) is 13.8. The summed E-state index contributed by atoms with van der Waals surface area (Å²) >= 11 is 7.68. The van der Waals surface area contributed by atoms with Gasteiger partial charge in [-0.25, -0.2) is 17.7 Å². The fourth-order valence-electron chi connectivity index (χ4n) is 3.50. The third-order valence-corrected chi connectivity index (χ3v) is 8.74. The highest BCUT2D eigenvalue weighted by molar-refractivity contribution is 7.89. The zero-order valence-corrected chi connectivity index (χ0v) is 21.8. The monoisotopic (exact) mass is 528 g/mol. The number of nitrogens with zero attached hydrogens (tertiary/aromatic N) is 4. The number of rotatable bonds is 9. The van der Waals surface area contributed by atoms with E-state index in [0.717, 1.165) is 17.5 Å². The van der Waals surface area contributed by atoms with Crippen molar-refractivity contribution in [3.05, 3.63) is 83.1 Å². The summed E-state index contributed by atoms with van der Waals surface area (Å²) in [5.74, 6) is -0.311. The number of aromatic nitrogens is 2. The van der Waals surface area contributed by atoms with Crippen LogP contribution in [-0.2, 0) is 16.6 Å². The number of unbranched alkanes of at least 4 members (excludes halogenated alkanes) is 1. The lowest BCUT2D eigenvalue weighted by atomic mass is 10.2. The summed E-state index contributed by atoms with van der Waals surface area (Å²) in [6, 6.07) is 17.0. The number of benzene rings is 2. The molecule has 0 saturated heterocycles. The highest BCUT2D eigenvalue weighted by atomic mass is 35.5. The van der Waals surface area contributed by atoms with Crippen LogP contribution in [0, 0.1) is 0 Å². The summed E-state index contributed by atoms with van der Waals surface area (Å²) in [7, 11) is -2.06. The second kappa shape index (κ2) is 10.8. The lowest BCUT2D eigenvalue weighted by Gasteiger charge is -2.20. The third kappa shape index (κ3) is 5.54. The highest BCUT2D eigenvalue weighted by Gasteiger charge is 2.25. The molecule has 0 aliphatic carbocycles. The molecular formula is C25H25ClN4O3S2. The molecule has 10 heteroatoms. The summed E-state index contributed by atoms with van der Waals surface area (Å²) in [5.41, 5.74) is 1.67. The van der Waals surface area contributed by atoms with Crippen molar-refractivity contribution in [2.45, 2.75) is 31.2 Å². The largest absolute Gasteiger partial charge is 0.278 e. The fourth-order valence-corrected chi connectivity index (χ4v) is 5.98. The smallest absolute Gasteiger partial charge is 0.260 e. The van der Waals surface area contributed by atoms with Crippen LogP contribution in [0.1, 0.15) is 35.8 Å². The van der Waals surface area contributed by atoms with Gasteiger partial charge in [0.1, 0.15) is 5.52 Å². The average Bonchev–Trinajstić information content (AvgIpc) is 3.31. The number of hydrogen-bond acceptors (Lipinski definition) is 6. The van der Waals surface area contributed by atoms with Crippen molar-refractivity contribution >= 4 is 54.2 Å². The van der Waals surface area contributed by atoms with Crippen LogP contribution in [0.5, 0.6) is 0 Å². The lowest BCUT2D eigenvalue weighted by Crippen LogP contribution is -2.31. The molecule has 0 aliphatic heterocycles. The predicted octanol–water partition coefficient (Wildman–Crippen LogP) is 5.61. The van der Waals surface area contributed by atoms with Gasteiger partial charge in [-0.2, -0.15) is 0 Å². The number of hydrogen-bond donors (Lipinski definition) is 0. The van der Waals surface area contributed by atoms with Gasteiger partial charge >= 0.3 is 0 Å². The number of para-hydroxylation sites is 1. The van der Waals surface area contributed by atoms with Gasteiger partial charge in [0.15, 0.2) is 5.13 Å².